The summed E-state index contributed by atoms with van der Waals surface area (Å²) in [5.74, 6) is 1.82. The van der Waals surface area contributed by atoms with E-state index in [0.29, 0.717) is 28.4 Å². The van der Waals surface area contributed by atoms with E-state index in [1.807, 2.05) is 6.08 Å². The second kappa shape index (κ2) is 6.99. The molecule has 1 N–H and O–H groups in total. The third kappa shape index (κ3) is 3.37. The molecule has 0 saturated heterocycles. The first-order chi connectivity index (χ1) is 12.0. The molecule has 0 aliphatic heterocycles. The molecule has 0 bridgehead atoms. The van der Waals surface area contributed by atoms with Crippen molar-refractivity contribution in [1.82, 2.24) is 0 Å². The predicted molar refractivity (Wildman–Crippen MR) is 94.4 cm³/mol. The van der Waals surface area contributed by atoms with E-state index in [0.717, 1.165) is 5.56 Å². The molecular weight excluding hydrogens is 320 g/mol. The molecule has 0 aromatic heterocycles. The van der Waals surface area contributed by atoms with Gasteiger partial charge in [0.05, 0.1) is 14.2 Å². The maximum absolute atomic E-state index is 11.3. The molecular formula is C20H20O5. The maximum Gasteiger partial charge on any atom is 0.159 e. The summed E-state index contributed by atoms with van der Waals surface area (Å²) in [6, 6.07) is 10.4. The Bertz CT molecular complexity index is 808. The SMILES string of the molecule is COc1cc(OC)c2c(c1)[C@@H](O)[C@H](Oc1ccc(C(C)=O)cc1)C=C2. The molecule has 25 heavy (non-hydrogen) atoms. The minimum atomic E-state index is -0.864. The summed E-state index contributed by atoms with van der Waals surface area (Å²) in [5, 5.41) is 10.7. The van der Waals surface area contributed by atoms with Crippen LogP contribution in [0.5, 0.6) is 17.2 Å². The third-order valence-electron chi connectivity index (χ3n) is 4.22. The van der Waals surface area contributed by atoms with Gasteiger partial charge in [-0.15, -0.1) is 0 Å². The largest absolute Gasteiger partial charge is 0.497 e. The molecule has 0 saturated carbocycles. The number of carbonyl (C=O) groups excluding carboxylic acids is 1. The van der Waals surface area contributed by atoms with Gasteiger partial charge in [0.25, 0.3) is 0 Å². The van der Waals surface area contributed by atoms with Crippen LogP contribution in [0.15, 0.2) is 42.5 Å². The van der Waals surface area contributed by atoms with Crippen LogP contribution in [0.3, 0.4) is 0 Å². The number of methoxy groups -OCH3 is 2. The molecule has 0 fully saturated rings. The lowest BCUT2D eigenvalue weighted by Crippen LogP contribution is -2.26. The molecule has 2 atom stereocenters. The summed E-state index contributed by atoms with van der Waals surface area (Å²) in [4.78, 5) is 11.3. The van der Waals surface area contributed by atoms with Gasteiger partial charge in [-0.05, 0) is 48.9 Å². The number of rotatable bonds is 5. The average molecular weight is 340 g/mol. The molecule has 0 unspecified atom stereocenters. The van der Waals surface area contributed by atoms with E-state index < -0.39 is 12.2 Å². The number of carbonyl (C=O) groups is 1. The van der Waals surface area contributed by atoms with E-state index in [1.54, 1.807) is 56.7 Å². The first-order valence-corrected chi connectivity index (χ1v) is 7.93. The number of Topliss-reactive ketones (excluding diaryl/α,β-unsaturated/α-hetero) is 1. The molecule has 0 radical (unpaired) electrons. The van der Waals surface area contributed by atoms with Gasteiger partial charge >= 0.3 is 0 Å². The molecule has 0 heterocycles. The molecule has 2 aromatic carbocycles. The van der Waals surface area contributed by atoms with Crippen molar-refractivity contribution in [2.45, 2.75) is 19.1 Å². The van der Waals surface area contributed by atoms with Crippen molar-refractivity contribution >= 4 is 11.9 Å². The molecule has 5 heteroatoms. The molecule has 0 amide bonds. The van der Waals surface area contributed by atoms with Crippen LogP contribution < -0.4 is 14.2 Å². The van der Waals surface area contributed by atoms with E-state index in [2.05, 4.69) is 0 Å². The Morgan fingerprint density at radius 2 is 1.76 bits per heavy atom. The molecule has 1 aliphatic carbocycles. The fourth-order valence-corrected chi connectivity index (χ4v) is 2.83. The Labute approximate surface area is 146 Å². The number of benzene rings is 2. The van der Waals surface area contributed by atoms with Gasteiger partial charge in [0, 0.05) is 17.2 Å². The summed E-state index contributed by atoms with van der Waals surface area (Å²) >= 11 is 0. The van der Waals surface area contributed by atoms with Crippen molar-refractivity contribution in [3.8, 4) is 17.2 Å². The Balaban J connectivity index is 1.86. The Kier molecular flexibility index (Phi) is 4.76. The zero-order chi connectivity index (χ0) is 18.0. The van der Waals surface area contributed by atoms with Crippen molar-refractivity contribution in [3.63, 3.8) is 0 Å². The number of aliphatic hydroxyl groups excluding tert-OH is 1. The smallest absolute Gasteiger partial charge is 0.159 e. The van der Waals surface area contributed by atoms with Gasteiger partial charge in [-0.1, -0.05) is 6.08 Å². The number of hydrogen-bond donors (Lipinski definition) is 1. The molecule has 5 nitrogen and oxygen atoms in total. The number of fused-ring (bicyclic) bond motifs is 1. The monoisotopic (exact) mass is 340 g/mol. The van der Waals surface area contributed by atoms with Gasteiger partial charge in [0.2, 0.25) is 0 Å². The summed E-state index contributed by atoms with van der Waals surface area (Å²) in [6.07, 6.45) is 2.25. The first-order valence-electron chi connectivity index (χ1n) is 7.93. The minimum Gasteiger partial charge on any atom is -0.497 e. The zero-order valence-corrected chi connectivity index (χ0v) is 14.4. The van der Waals surface area contributed by atoms with Crippen LogP contribution in [0, 0.1) is 0 Å². The normalized spacial score (nSPS) is 18.4. The van der Waals surface area contributed by atoms with Gasteiger partial charge in [-0.3, -0.25) is 4.79 Å². The van der Waals surface area contributed by atoms with Gasteiger partial charge < -0.3 is 19.3 Å². The van der Waals surface area contributed by atoms with Gasteiger partial charge in [0.1, 0.15) is 29.5 Å². The van der Waals surface area contributed by atoms with Crippen molar-refractivity contribution in [1.29, 1.82) is 0 Å². The van der Waals surface area contributed by atoms with E-state index in [4.69, 9.17) is 14.2 Å². The second-order valence-corrected chi connectivity index (χ2v) is 5.80. The van der Waals surface area contributed by atoms with E-state index in [-0.39, 0.29) is 5.78 Å². The van der Waals surface area contributed by atoms with Crippen LogP contribution in [0.1, 0.15) is 34.5 Å². The van der Waals surface area contributed by atoms with Crippen molar-refractivity contribution in [2.24, 2.45) is 0 Å². The van der Waals surface area contributed by atoms with Crippen molar-refractivity contribution in [3.05, 3.63) is 59.2 Å². The Morgan fingerprint density at radius 1 is 1.04 bits per heavy atom. The summed E-state index contributed by atoms with van der Waals surface area (Å²) in [7, 11) is 3.14. The summed E-state index contributed by atoms with van der Waals surface area (Å²) in [6.45, 7) is 1.52. The summed E-state index contributed by atoms with van der Waals surface area (Å²) in [5.41, 5.74) is 2.11. The highest BCUT2D eigenvalue weighted by Crippen LogP contribution is 2.38. The highest BCUT2D eigenvalue weighted by molar-refractivity contribution is 5.94. The van der Waals surface area contributed by atoms with Gasteiger partial charge in [-0.25, -0.2) is 0 Å². The van der Waals surface area contributed by atoms with E-state index in [9.17, 15) is 9.90 Å². The number of ketones is 1. The van der Waals surface area contributed by atoms with Crippen LogP contribution >= 0.6 is 0 Å². The molecule has 0 spiro atoms. The first kappa shape index (κ1) is 17.0. The van der Waals surface area contributed by atoms with Gasteiger partial charge in [-0.2, -0.15) is 0 Å². The number of hydrogen-bond acceptors (Lipinski definition) is 5. The standard InChI is InChI=1S/C20H20O5/c1-12(21)13-4-6-14(7-5-13)25-18-9-8-16-17(20(18)22)10-15(23-2)11-19(16)24-3/h4-11,18,20,22H,1-3H3/t18-,20-/m1/s1. The van der Waals surface area contributed by atoms with Crippen LogP contribution in [0.4, 0.5) is 0 Å². The fourth-order valence-electron chi connectivity index (χ4n) is 2.83. The highest BCUT2D eigenvalue weighted by atomic mass is 16.5. The predicted octanol–water partition coefficient (Wildman–Crippen LogP) is 3.41. The lowest BCUT2D eigenvalue weighted by Gasteiger charge is -2.27. The quantitative estimate of drug-likeness (QED) is 0.845. The number of aliphatic hydroxyl groups is 1. The zero-order valence-electron chi connectivity index (χ0n) is 14.4. The van der Waals surface area contributed by atoms with E-state index in [1.165, 1.54) is 6.92 Å². The lowest BCUT2D eigenvalue weighted by molar-refractivity contribution is 0.0619. The van der Waals surface area contributed by atoms with Crippen LogP contribution in [0.2, 0.25) is 0 Å². The number of ether oxygens (including phenoxy) is 3. The third-order valence-corrected chi connectivity index (χ3v) is 4.22. The van der Waals surface area contributed by atoms with Crippen LogP contribution in [0.25, 0.3) is 6.08 Å². The van der Waals surface area contributed by atoms with Crippen molar-refractivity contribution < 1.29 is 24.1 Å². The molecule has 130 valence electrons. The second-order valence-electron chi connectivity index (χ2n) is 5.80. The lowest BCUT2D eigenvalue weighted by atomic mass is 9.91. The molecule has 2 aromatic rings. The van der Waals surface area contributed by atoms with Crippen LogP contribution in [-0.2, 0) is 0 Å². The topological polar surface area (TPSA) is 65.0 Å². The fraction of sp³-hybridized carbons (Fsp3) is 0.250. The van der Waals surface area contributed by atoms with Crippen LogP contribution in [-0.4, -0.2) is 31.2 Å². The van der Waals surface area contributed by atoms with Crippen molar-refractivity contribution in [2.75, 3.05) is 14.2 Å². The molecule has 3 rings (SSSR count). The highest BCUT2D eigenvalue weighted by Gasteiger charge is 2.28. The van der Waals surface area contributed by atoms with Gasteiger partial charge in [0.15, 0.2) is 5.78 Å². The average Bonchev–Trinajstić information content (AvgIpc) is 2.63. The maximum atomic E-state index is 11.3. The Morgan fingerprint density at radius 3 is 2.36 bits per heavy atom. The summed E-state index contributed by atoms with van der Waals surface area (Å²) < 4.78 is 16.5. The minimum absolute atomic E-state index is 0.00253. The Hall–Kier alpha value is -2.79. The molecule has 1 aliphatic rings. The van der Waals surface area contributed by atoms with E-state index >= 15 is 0 Å².